The first-order valence-corrected chi connectivity index (χ1v) is 9.17. The number of hydrogen-bond acceptors (Lipinski definition) is 5. The van der Waals surface area contributed by atoms with Crippen molar-refractivity contribution in [2.75, 3.05) is 16.8 Å². The molecular weight excluding hydrogens is 384 g/mol. The van der Waals surface area contributed by atoms with Crippen LogP contribution in [0.4, 0.5) is 17.1 Å². The number of non-ortho nitro benzene ring substituents is 1. The summed E-state index contributed by atoms with van der Waals surface area (Å²) < 4.78 is 0. The molecule has 0 bridgehead atoms. The van der Waals surface area contributed by atoms with Gasteiger partial charge in [0.2, 0.25) is 5.91 Å². The number of primary amides is 1. The van der Waals surface area contributed by atoms with Crippen molar-refractivity contribution in [3.05, 3.63) is 100 Å². The van der Waals surface area contributed by atoms with Gasteiger partial charge in [-0.1, -0.05) is 42.5 Å². The quantitative estimate of drug-likeness (QED) is 0.441. The highest BCUT2D eigenvalue weighted by Gasteiger charge is 2.21. The second-order valence-corrected chi connectivity index (χ2v) is 6.52. The molecule has 0 unspecified atom stereocenters. The molecule has 3 rings (SSSR count). The number of hydrogen-bond donors (Lipinski definition) is 2. The molecule has 0 aromatic heterocycles. The van der Waals surface area contributed by atoms with Crippen LogP contribution in [0.25, 0.3) is 0 Å². The third kappa shape index (κ3) is 4.99. The lowest BCUT2D eigenvalue weighted by molar-refractivity contribution is -0.384. The maximum absolute atomic E-state index is 13.5. The smallest absolute Gasteiger partial charge is 0.269 e. The Balaban J connectivity index is 1.98. The van der Waals surface area contributed by atoms with E-state index in [-0.39, 0.29) is 24.7 Å². The molecule has 0 aliphatic rings. The van der Waals surface area contributed by atoms with E-state index in [9.17, 15) is 19.7 Å². The Kier molecular flexibility index (Phi) is 6.39. The van der Waals surface area contributed by atoms with Crippen LogP contribution >= 0.6 is 0 Å². The molecule has 0 heterocycles. The van der Waals surface area contributed by atoms with E-state index in [1.165, 1.54) is 17.0 Å². The molecule has 30 heavy (non-hydrogen) atoms. The molecule has 0 atom stereocenters. The molecule has 8 heteroatoms. The van der Waals surface area contributed by atoms with Crippen LogP contribution in [-0.2, 0) is 11.3 Å². The van der Waals surface area contributed by atoms with Crippen LogP contribution in [0, 0.1) is 10.1 Å². The molecule has 3 N–H and O–H groups in total. The van der Waals surface area contributed by atoms with Crippen LogP contribution < -0.4 is 16.0 Å². The SMILES string of the molecule is NC(=O)CNc1ccccc1C(=O)N(Cc1ccccc1)c1ccc([N+](=O)[O-])cc1. The van der Waals surface area contributed by atoms with E-state index in [2.05, 4.69) is 5.32 Å². The number of para-hydroxylation sites is 1. The molecule has 0 spiro atoms. The number of nitro groups is 1. The van der Waals surface area contributed by atoms with Crippen molar-refractivity contribution in [2.24, 2.45) is 5.73 Å². The van der Waals surface area contributed by atoms with Crippen molar-refractivity contribution in [3.63, 3.8) is 0 Å². The maximum Gasteiger partial charge on any atom is 0.269 e. The summed E-state index contributed by atoms with van der Waals surface area (Å²) in [5, 5.41) is 13.9. The number of nitrogens with zero attached hydrogens (tertiary/aromatic N) is 2. The normalized spacial score (nSPS) is 10.3. The van der Waals surface area contributed by atoms with Gasteiger partial charge in [-0.05, 0) is 29.8 Å². The average Bonchev–Trinajstić information content (AvgIpc) is 2.76. The van der Waals surface area contributed by atoms with Crippen molar-refractivity contribution in [2.45, 2.75) is 6.54 Å². The largest absolute Gasteiger partial charge is 0.376 e. The Morgan fingerprint density at radius 3 is 2.20 bits per heavy atom. The van der Waals surface area contributed by atoms with Crippen molar-refractivity contribution in [1.29, 1.82) is 0 Å². The van der Waals surface area contributed by atoms with Gasteiger partial charge in [-0.3, -0.25) is 19.7 Å². The Labute approximate surface area is 173 Å². The Hall–Kier alpha value is -4.20. The number of anilines is 2. The number of amides is 2. The second kappa shape index (κ2) is 9.33. The summed E-state index contributed by atoms with van der Waals surface area (Å²) >= 11 is 0. The van der Waals surface area contributed by atoms with Crippen molar-refractivity contribution in [1.82, 2.24) is 0 Å². The Morgan fingerprint density at radius 1 is 0.933 bits per heavy atom. The molecule has 3 aromatic rings. The molecule has 8 nitrogen and oxygen atoms in total. The van der Waals surface area contributed by atoms with Crippen molar-refractivity contribution < 1.29 is 14.5 Å². The number of carbonyl (C=O) groups excluding carboxylic acids is 2. The molecule has 0 aliphatic carbocycles. The minimum atomic E-state index is -0.547. The van der Waals surface area contributed by atoms with Gasteiger partial charge in [0.05, 0.1) is 23.6 Å². The monoisotopic (exact) mass is 404 g/mol. The summed E-state index contributed by atoms with van der Waals surface area (Å²) in [7, 11) is 0. The van der Waals surface area contributed by atoms with E-state index >= 15 is 0 Å². The van der Waals surface area contributed by atoms with E-state index < -0.39 is 10.8 Å². The van der Waals surface area contributed by atoms with Crippen LogP contribution in [0.3, 0.4) is 0 Å². The lowest BCUT2D eigenvalue weighted by atomic mass is 10.1. The van der Waals surface area contributed by atoms with E-state index in [4.69, 9.17) is 5.73 Å². The van der Waals surface area contributed by atoms with E-state index in [0.29, 0.717) is 16.9 Å². The molecule has 2 amide bonds. The van der Waals surface area contributed by atoms with Gasteiger partial charge in [0.25, 0.3) is 11.6 Å². The lowest BCUT2D eigenvalue weighted by Gasteiger charge is -2.24. The summed E-state index contributed by atoms with van der Waals surface area (Å²) in [4.78, 5) is 36.6. The first-order chi connectivity index (χ1) is 14.5. The van der Waals surface area contributed by atoms with Crippen LogP contribution in [0.1, 0.15) is 15.9 Å². The van der Waals surface area contributed by atoms with Gasteiger partial charge in [0.15, 0.2) is 0 Å². The van der Waals surface area contributed by atoms with Gasteiger partial charge in [-0.25, -0.2) is 0 Å². The maximum atomic E-state index is 13.5. The second-order valence-electron chi connectivity index (χ2n) is 6.52. The Bertz CT molecular complexity index is 1050. The highest BCUT2D eigenvalue weighted by Crippen LogP contribution is 2.26. The summed E-state index contributed by atoms with van der Waals surface area (Å²) in [5.41, 5.74) is 7.38. The highest BCUT2D eigenvalue weighted by molar-refractivity contribution is 6.09. The topological polar surface area (TPSA) is 119 Å². The number of benzene rings is 3. The van der Waals surface area contributed by atoms with Gasteiger partial charge in [0, 0.05) is 23.5 Å². The van der Waals surface area contributed by atoms with Gasteiger partial charge in [-0.15, -0.1) is 0 Å². The third-order valence-corrected chi connectivity index (χ3v) is 4.41. The molecule has 152 valence electrons. The van der Waals surface area contributed by atoms with Gasteiger partial charge < -0.3 is 16.0 Å². The first kappa shape index (κ1) is 20.5. The average molecular weight is 404 g/mol. The van der Waals surface area contributed by atoms with Crippen molar-refractivity contribution in [3.8, 4) is 0 Å². The fourth-order valence-electron chi connectivity index (χ4n) is 2.95. The van der Waals surface area contributed by atoms with Crippen LogP contribution in [0.5, 0.6) is 0 Å². The number of nitrogens with two attached hydrogens (primary N) is 1. The minimum absolute atomic E-state index is 0.0608. The minimum Gasteiger partial charge on any atom is -0.376 e. The van der Waals surface area contributed by atoms with E-state index in [0.717, 1.165) is 5.56 Å². The predicted octanol–water partition coefficient (Wildman–Crippen LogP) is 3.34. The molecule has 0 aliphatic heterocycles. The fraction of sp³-hybridized carbons (Fsp3) is 0.0909. The fourth-order valence-corrected chi connectivity index (χ4v) is 2.95. The standard InChI is InChI=1S/C22H20N4O4/c23-21(27)14-24-20-9-5-4-8-19(20)22(28)25(15-16-6-2-1-3-7-16)17-10-12-18(13-11-17)26(29)30/h1-13,24H,14-15H2,(H2,23,27). The molecule has 0 fully saturated rings. The summed E-state index contributed by atoms with van der Waals surface area (Å²) in [6.45, 7) is 0.155. The Morgan fingerprint density at radius 2 is 1.57 bits per heavy atom. The van der Waals surface area contributed by atoms with Crippen molar-refractivity contribution >= 4 is 28.9 Å². The molecule has 0 radical (unpaired) electrons. The predicted molar refractivity (Wildman–Crippen MR) is 114 cm³/mol. The van der Waals surface area contributed by atoms with Gasteiger partial charge >= 0.3 is 0 Å². The van der Waals surface area contributed by atoms with Crippen LogP contribution in [0.15, 0.2) is 78.9 Å². The van der Waals surface area contributed by atoms with Crippen LogP contribution in [0.2, 0.25) is 0 Å². The van der Waals surface area contributed by atoms with E-state index in [1.807, 2.05) is 30.3 Å². The zero-order valence-electron chi connectivity index (χ0n) is 16.0. The summed E-state index contributed by atoms with van der Waals surface area (Å²) in [6.07, 6.45) is 0. The zero-order valence-corrected chi connectivity index (χ0v) is 16.0. The number of carbonyl (C=O) groups is 2. The van der Waals surface area contributed by atoms with E-state index in [1.54, 1.807) is 36.4 Å². The summed E-state index contributed by atoms with van der Waals surface area (Å²) in [6, 6.07) is 22.0. The number of nitrogens with one attached hydrogen (secondary N) is 1. The van der Waals surface area contributed by atoms with Crippen LogP contribution in [-0.4, -0.2) is 23.3 Å². The molecular formula is C22H20N4O4. The van der Waals surface area contributed by atoms with Gasteiger partial charge in [-0.2, -0.15) is 0 Å². The third-order valence-electron chi connectivity index (χ3n) is 4.41. The first-order valence-electron chi connectivity index (χ1n) is 9.17. The molecule has 0 saturated carbocycles. The number of rotatable bonds is 8. The molecule has 0 saturated heterocycles. The summed E-state index contributed by atoms with van der Waals surface area (Å²) in [5.74, 6) is -0.867. The molecule has 3 aromatic carbocycles. The highest BCUT2D eigenvalue weighted by atomic mass is 16.6. The number of nitro benzene ring substituents is 1. The lowest BCUT2D eigenvalue weighted by Crippen LogP contribution is -2.31. The zero-order chi connectivity index (χ0) is 21.5. The van der Waals surface area contributed by atoms with Gasteiger partial charge in [0.1, 0.15) is 0 Å².